The minimum absolute atomic E-state index is 0.0311. The van der Waals surface area contributed by atoms with E-state index in [0.717, 1.165) is 41.2 Å². The molecule has 2 aromatic heterocycles. The topological polar surface area (TPSA) is 43.0 Å². The molecule has 0 amide bonds. The minimum atomic E-state index is 0.0311. The van der Waals surface area contributed by atoms with E-state index >= 15 is 0 Å². The number of furan rings is 1. The summed E-state index contributed by atoms with van der Waals surface area (Å²) in [5.41, 5.74) is 3.11. The van der Waals surface area contributed by atoms with Crippen LogP contribution in [0, 0.1) is 6.92 Å². The van der Waals surface area contributed by atoms with Crippen molar-refractivity contribution in [1.29, 1.82) is 0 Å². The van der Waals surface area contributed by atoms with Crippen molar-refractivity contribution in [2.24, 2.45) is 0 Å². The maximum Gasteiger partial charge on any atom is 0.134 e. The van der Waals surface area contributed by atoms with E-state index in [0.29, 0.717) is 0 Å². The van der Waals surface area contributed by atoms with Gasteiger partial charge < -0.3 is 9.73 Å². The quantitative estimate of drug-likeness (QED) is 0.777. The highest BCUT2D eigenvalue weighted by Gasteiger charge is 2.21. The van der Waals surface area contributed by atoms with E-state index in [1.165, 1.54) is 0 Å². The molecule has 4 nitrogen and oxygen atoms in total. The third-order valence-electron chi connectivity index (χ3n) is 3.67. The number of nitrogens with one attached hydrogen (secondary N) is 1. The van der Waals surface area contributed by atoms with Gasteiger partial charge >= 0.3 is 0 Å². The van der Waals surface area contributed by atoms with Gasteiger partial charge in [0, 0.05) is 11.9 Å². The summed E-state index contributed by atoms with van der Waals surface area (Å²) in [5, 5.41) is 9.19. The van der Waals surface area contributed by atoms with Crippen molar-refractivity contribution >= 4 is 11.0 Å². The standard InChI is InChI=1S/C17H21N3O/c1-4-18-17(14-10-12(3)19-20(14)5-2)16-11-13-8-6-7-9-15(13)21-16/h6-11,17-18H,4-5H2,1-3H3. The SMILES string of the molecule is CCNC(c1cc2ccccc2o1)c1cc(C)nn1CC. The van der Waals surface area contributed by atoms with Gasteiger partial charge in [-0.15, -0.1) is 0 Å². The molecule has 4 heteroatoms. The van der Waals surface area contributed by atoms with Crippen LogP contribution in [0.25, 0.3) is 11.0 Å². The molecular weight excluding hydrogens is 262 g/mol. The Balaban J connectivity index is 2.08. The molecule has 0 fully saturated rings. The van der Waals surface area contributed by atoms with Gasteiger partial charge in [0.15, 0.2) is 0 Å². The molecule has 1 N–H and O–H groups in total. The lowest BCUT2D eigenvalue weighted by molar-refractivity contribution is 0.451. The first kappa shape index (κ1) is 13.9. The highest BCUT2D eigenvalue weighted by atomic mass is 16.3. The Bertz CT molecular complexity index is 708. The van der Waals surface area contributed by atoms with Gasteiger partial charge in [0.1, 0.15) is 17.4 Å². The summed E-state index contributed by atoms with van der Waals surface area (Å²) in [6.45, 7) is 7.96. The van der Waals surface area contributed by atoms with Gasteiger partial charge in [-0.25, -0.2) is 0 Å². The molecule has 1 atom stereocenters. The fraction of sp³-hybridized carbons (Fsp3) is 0.353. The number of aryl methyl sites for hydroxylation is 2. The summed E-state index contributed by atoms with van der Waals surface area (Å²) in [4.78, 5) is 0. The smallest absolute Gasteiger partial charge is 0.134 e. The van der Waals surface area contributed by atoms with E-state index < -0.39 is 0 Å². The minimum Gasteiger partial charge on any atom is -0.459 e. The van der Waals surface area contributed by atoms with Crippen molar-refractivity contribution < 1.29 is 4.42 Å². The fourth-order valence-corrected chi connectivity index (χ4v) is 2.75. The van der Waals surface area contributed by atoms with E-state index in [-0.39, 0.29) is 6.04 Å². The zero-order valence-corrected chi connectivity index (χ0v) is 12.8. The molecule has 0 radical (unpaired) electrons. The van der Waals surface area contributed by atoms with Crippen LogP contribution in [-0.4, -0.2) is 16.3 Å². The summed E-state index contributed by atoms with van der Waals surface area (Å²) in [5.74, 6) is 0.938. The molecule has 3 aromatic rings. The average Bonchev–Trinajstić information content (AvgIpc) is 3.07. The van der Waals surface area contributed by atoms with Gasteiger partial charge in [-0.05, 0) is 38.6 Å². The third-order valence-corrected chi connectivity index (χ3v) is 3.67. The van der Waals surface area contributed by atoms with Crippen LogP contribution in [0.15, 0.2) is 40.8 Å². The van der Waals surface area contributed by atoms with Crippen LogP contribution in [-0.2, 0) is 6.54 Å². The van der Waals surface area contributed by atoms with Crippen LogP contribution in [0.2, 0.25) is 0 Å². The van der Waals surface area contributed by atoms with Gasteiger partial charge in [-0.3, -0.25) is 4.68 Å². The number of benzene rings is 1. The molecule has 0 saturated heterocycles. The Morgan fingerprint density at radius 2 is 2.05 bits per heavy atom. The van der Waals surface area contributed by atoms with Gasteiger partial charge in [0.25, 0.3) is 0 Å². The second kappa shape index (κ2) is 5.74. The van der Waals surface area contributed by atoms with Gasteiger partial charge in [-0.1, -0.05) is 25.1 Å². The molecule has 21 heavy (non-hydrogen) atoms. The summed E-state index contributed by atoms with van der Waals surface area (Å²) >= 11 is 0. The van der Waals surface area contributed by atoms with Gasteiger partial charge in [0.05, 0.1) is 11.4 Å². The zero-order chi connectivity index (χ0) is 14.8. The summed E-state index contributed by atoms with van der Waals surface area (Å²) in [6.07, 6.45) is 0. The number of nitrogens with zero attached hydrogens (tertiary/aromatic N) is 2. The van der Waals surface area contributed by atoms with Crippen LogP contribution in [0.1, 0.15) is 37.0 Å². The number of aromatic nitrogens is 2. The molecule has 3 rings (SSSR count). The molecule has 0 bridgehead atoms. The first-order valence-electron chi connectivity index (χ1n) is 7.49. The number of hydrogen-bond acceptors (Lipinski definition) is 3. The van der Waals surface area contributed by atoms with E-state index in [1.807, 2.05) is 29.8 Å². The molecule has 0 aliphatic carbocycles. The highest BCUT2D eigenvalue weighted by molar-refractivity contribution is 5.77. The number of hydrogen-bond donors (Lipinski definition) is 1. The first-order chi connectivity index (χ1) is 10.2. The molecule has 0 aliphatic heterocycles. The summed E-state index contributed by atoms with van der Waals surface area (Å²) in [6, 6.07) is 12.4. The van der Waals surface area contributed by atoms with Crippen LogP contribution >= 0.6 is 0 Å². The molecule has 1 unspecified atom stereocenters. The van der Waals surface area contributed by atoms with E-state index in [2.05, 4.69) is 42.5 Å². The fourth-order valence-electron chi connectivity index (χ4n) is 2.75. The Morgan fingerprint density at radius 3 is 2.76 bits per heavy atom. The predicted molar refractivity (Wildman–Crippen MR) is 84.4 cm³/mol. The lowest BCUT2D eigenvalue weighted by Gasteiger charge is -2.16. The van der Waals surface area contributed by atoms with E-state index in [4.69, 9.17) is 4.42 Å². The highest BCUT2D eigenvalue weighted by Crippen LogP contribution is 2.28. The number of fused-ring (bicyclic) bond motifs is 1. The van der Waals surface area contributed by atoms with Crippen molar-refractivity contribution in [1.82, 2.24) is 15.1 Å². The van der Waals surface area contributed by atoms with Crippen molar-refractivity contribution in [3.8, 4) is 0 Å². The number of rotatable bonds is 5. The van der Waals surface area contributed by atoms with Crippen LogP contribution in [0.4, 0.5) is 0 Å². The van der Waals surface area contributed by atoms with Crippen LogP contribution in [0.5, 0.6) is 0 Å². The van der Waals surface area contributed by atoms with Crippen LogP contribution < -0.4 is 5.32 Å². The molecule has 0 spiro atoms. The third kappa shape index (κ3) is 2.59. The normalized spacial score (nSPS) is 12.9. The van der Waals surface area contributed by atoms with Crippen molar-refractivity contribution in [2.75, 3.05) is 6.54 Å². The second-order valence-electron chi connectivity index (χ2n) is 5.20. The van der Waals surface area contributed by atoms with Crippen molar-refractivity contribution in [3.63, 3.8) is 0 Å². The Kier molecular flexibility index (Phi) is 3.80. The maximum atomic E-state index is 6.04. The molecule has 0 aliphatic rings. The molecular formula is C17H21N3O. The number of para-hydroxylation sites is 1. The Labute approximate surface area is 124 Å². The summed E-state index contributed by atoms with van der Waals surface area (Å²) in [7, 11) is 0. The van der Waals surface area contributed by atoms with Crippen LogP contribution in [0.3, 0.4) is 0 Å². The van der Waals surface area contributed by atoms with Crippen molar-refractivity contribution in [2.45, 2.75) is 33.4 Å². The summed E-state index contributed by atoms with van der Waals surface area (Å²) < 4.78 is 8.08. The Hall–Kier alpha value is -2.07. The van der Waals surface area contributed by atoms with E-state index in [9.17, 15) is 0 Å². The molecule has 110 valence electrons. The largest absolute Gasteiger partial charge is 0.459 e. The second-order valence-corrected chi connectivity index (χ2v) is 5.20. The lowest BCUT2D eigenvalue weighted by atomic mass is 10.1. The van der Waals surface area contributed by atoms with Gasteiger partial charge in [0.2, 0.25) is 0 Å². The van der Waals surface area contributed by atoms with Crippen molar-refractivity contribution in [3.05, 3.63) is 53.5 Å². The zero-order valence-electron chi connectivity index (χ0n) is 12.8. The Morgan fingerprint density at radius 1 is 1.24 bits per heavy atom. The predicted octanol–water partition coefficient (Wildman–Crippen LogP) is 3.66. The maximum absolute atomic E-state index is 6.04. The first-order valence-corrected chi connectivity index (χ1v) is 7.49. The molecule has 1 aromatic carbocycles. The molecule has 2 heterocycles. The monoisotopic (exact) mass is 283 g/mol. The average molecular weight is 283 g/mol. The van der Waals surface area contributed by atoms with E-state index in [1.54, 1.807) is 0 Å². The lowest BCUT2D eigenvalue weighted by Crippen LogP contribution is -2.24. The van der Waals surface area contributed by atoms with Gasteiger partial charge in [-0.2, -0.15) is 5.10 Å². The molecule has 0 saturated carbocycles.